The molecule has 8 heteroatoms. The Morgan fingerprint density at radius 3 is 2.46 bits per heavy atom. The summed E-state index contributed by atoms with van der Waals surface area (Å²) in [5.74, 6) is -0.323. The number of hydrogen-bond acceptors (Lipinski definition) is 4. The zero-order chi connectivity index (χ0) is 17.1. The van der Waals surface area contributed by atoms with Gasteiger partial charge in [-0.15, -0.1) is 12.4 Å². The van der Waals surface area contributed by atoms with Crippen molar-refractivity contribution in [2.75, 3.05) is 19.6 Å². The summed E-state index contributed by atoms with van der Waals surface area (Å²) in [5.41, 5.74) is 5.39. The van der Waals surface area contributed by atoms with E-state index in [2.05, 4.69) is 5.32 Å². The molecule has 1 aliphatic heterocycles. The number of amides is 1. The molecule has 0 atom stereocenters. The lowest BCUT2D eigenvalue weighted by Crippen LogP contribution is -2.48. The van der Waals surface area contributed by atoms with Gasteiger partial charge in [0.2, 0.25) is 10.0 Å². The Kier molecular flexibility index (Phi) is 7.22. The zero-order valence-electron chi connectivity index (χ0n) is 14.1. The number of carbonyl (C=O) groups excluding carboxylic acids is 1. The van der Waals surface area contributed by atoms with Gasteiger partial charge in [0.1, 0.15) is 0 Å². The van der Waals surface area contributed by atoms with Crippen molar-refractivity contribution in [1.82, 2.24) is 9.62 Å². The summed E-state index contributed by atoms with van der Waals surface area (Å²) in [4.78, 5) is 12.5. The summed E-state index contributed by atoms with van der Waals surface area (Å²) in [7, 11) is -3.54. The molecule has 1 aliphatic rings. The molecule has 0 bridgehead atoms. The van der Waals surface area contributed by atoms with E-state index in [-0.39, 0.29) is 23.2 Å². The van der Waals surface area contributed by atoms with Crippen molar-refractivity contribution < 1.29 is 13.2 Å². The normalized spacial score (nSPS) is 16.3. The highest BCUT2D eigenvalue weighted by Gasteiger charge is 2.27. The summed E-state index contributed by atoms with van der Waals surface area (Å²) in [5, 5.41) is 2.81. The van der Waals surface area contributed by atoms with Gasteiger partial charge in [-0.1, -0.05) is 12.5 Å². The molecule has 0 spiro atoms. The highest BCUT2D eigenvalue weighted by Crippen LogP contribution is 2.21. The average molecular weight is 376 g/mol. The number of sulfonamides is 1. The molecule has 1 saturated heterocycles. The Labute approximate surface area is 150 Å². The van der Waals surface area contributed by atoms with E-state index in [1.165, 1.54) is 16.4 Å². The maximum atomic E-state index is 12.7. The minimum atomic E-state index is -3.54. The van der Waals surface area contributed by atoms with E-state index in [9.17, 15) is 13.2 Å². The largest absolute Gasteiger partial charge is 0.346 e. The molecule has 1 amide bonds. The standard InChI is InChI=1S/C16H25N3O3S.ClH/c1-16(2,12-17)18-15(20)13-7-6-8-14(11-13)23(21,22)19-9-4-3-5-10-19;/h6-8,11H,3-5,9-10,12,17H2,1-2H3,(H,18,20);1H. The first-order valence-corrected chi connectivity index (χ1v) is 9.33. The quantitative estimate of drug-likeness (QED) is 0.819. The van der Waals surface area contributed by atoms with Gasteiger partial charge in [-0.3, -0.25) is 4.79 Å². The topological polar surface area (TPSA) is 92.5 Å². The van der Waals surface area contributed by atoms with Crippen LogP contribution in [0, 0.1) is 0 Å². The summed E-state index contributed by atoms with van der Waals surface area (Å²) in [6.07, 6.45) is 2.82. The lowest BCUT2D eigenvalue weighted by Gasteiger charge is -2.26. The van der Waals surface area contributed by atoms with Crippen molar-refractivity contribution >= 4 is 28.3 Å². The second-order valence-corrected chi connectivity index (χ2v) is 8.47. The molecule has 136 valence electrons. The summed E-state index contributed by atoms with van der Waals surface area (Å²) < 4.78 is 26.9. The van der Waals surface area contributed by atoms with Gasteiger partial charge in [-0.05, 0) is 44.9 Å². The second kappa shape index (κ2) is 8.29. The van der Waals surface area contributed by atoms with Crippen LogP contribution in [-0.2, 0) is 10.0 Å². The number of rotatable bonds is 5. The molecule has 1 fully saturated rings. The van der Waals surface area contributed by atoms with Gasteiger partial charge < -0.3 is 11.1 Å². The maximum absolute atomic E-state index is 12.7. The lowest BCUT2D eigenvalue weighted by atomic mass is 10.1. The van der Waals surface area contributed by atoms with Crippen LogP contribution in [0.25, 0.3) is 0 Å². The molecule has 1 heterocycles. The van der Waals surface area contributed by atoms with Crippen LogP contribution in [0.15, 0.2) is 29.2 Å². The molecule has 0 aliphatic carbocycles. The molecule has 0 unspecified atom stereocenters. The minimum Gasteiger partial charge on any atom is -0.346 e. The van der Waals surface area contributed by atoms with Crippen LogP contribution in [0.3, 0.4) is 0 Å². The third kappa shape index (κ3) is 4.92. The lowest BCUT2D eigenvalue weighted by molar-refractivity contribution is 0.0915. The van der Waals surface area contributed by atoms with Gasteiger partial charge in [0.25, 0.3) is 5.91 Å². The minimum absolute atomic E-state index is 0. The van der Waals surface area contributed by atoms with Crippen molar-refractivity contribution in [1.29, 1.82) is 0 Å². The highest BCUT2D eigenvalue weighted by molar-refractivity contribution is 7.89. The van der Waals surface area contributed by atoms with Gasteiger partial charge in [0.05, 0.1) is 4.90 Å². The van der Waals surface area contributed by atoms with E-state index in [1.807, 2.05) is 13.8 Å². The van der Waals surface area contributed by atoms with Gasteiger partial charge in [0.15, 0.2) is 0 Å². The number of halogens is 1. The van der Waals surface area contributed by atoms with Crippen LogP contribution in [-0.4, -0.2) is 43.8 Å². The average Bonchev–Trinajstić information content (AvgIpc) is 2.55. The number of piperidine rings is 1. The van der Waals surface area contributed by atoms with E-state index in [1.54, 1.807) is 12.1 Å². The van der Waals surface area contributed by atoms with E-state index < -0.39 is 15.6 Å². The monoisotopic (exact) mass is 375 g/mol. The third-order valence-corrected chi connectivity index (χ3v) is 5.91. The maximum Gasteiger partial charge on any atom is 0.251 e. The molecule has 6 nitrogen and oxygen atoms in total. The molecule has 0 radical (unpaired) electrons. The Morgan fingerprint density at radius 2 is 1.88 bits per heavy atom. The number of nitrogens with two attached hydrogens (primary N) is 1. The molecule has 1 aromatic rings. The van der Waals surface area contributed by atoms with Crippen LogP contribution < -0.4 is 11.1 Å². The van der Waals surface area contributed by atoms with Crippen LogP contribution in [0.4, 0.5) is 0 Å². The molecule has 0 saturated carbocycles. The first-order valence-electron chi connectivity index (χ1n) is 7.89. The van der Waals surface area contributed by atoms with E-state index >= 15 is 0 Å². The molecular weight excluding hydrogens is 350 g/mol. The number of nitrogens with one attached hydrogen (secondary N) is 1. The molecule has 3 N–H and O–H groups in total. The fourth-order valence-electron chi connectivity index (χ4n) is 2.48. The zero-order valence-corrected chi connectivity index (χ0v) is 15.8. The molecule has 24 heavy (non-hydrogen) atoms. The van der Waals surface area contributed by atoms with Crippen LogP contribution in [0.2, 0.25) is 0 Å². The van der Waals surface area contributed by atoms with E-state index in [0.717, 1.165) is 19.3 Å². The Morgan fingerprint density at radius 1 is 1.25 bits per heavy atom. The van der Waals surface area contributed by atoms with Crippen LogP contribution in [0.1, 0.15) is 43.5 Å². The third-order valence-electron chi connectivity index (χ3n) is 4.01. The highest BCUT2D eigenvalue weighted by atomic mass is 35.5. The van der Waals surface area contributed by atoms with Crippen molar-refractivity contribution in [2.45, 2.75) is 43.5 Å². The number of nitrogens with zero attached hydrogens (tertiary/aromatic N) is 1. The fourth-order valence-corrected chi connectivity index (χ4v) is 4.05. The van der Waals surface area contributed by atoms with Gasteiger partial charge in [-0.2, -0.15) is 4.31 Å². The van der Waals surface area contributed by atoms with E-state index in [4.69, 9.17) is 5.73 Å². The van der Waals surface area contributed by atoms with Crippen LogP contribution in [0.5, 0.6) is 0 Å². The number of hydrogen-bond donors (Lipinski definition) is 2. The fraction of sp³-hybridized carbons (Fsp3) is 0.562. The van der Waals surface area contributed by atoms with Crippen molar-refractivity contribution in [2.24, 2.45) is 5.73 Å². The first kappa shape index (κ1) is 20.9. The van der Waals surface area contributed by atoms with Gasteiger partial charge >= 0.3 is 0 Å². The van der Waals surface area contributed by atoms with E-state index in [0.29, 0.717) is 25.2 Å². The molecule has 2 rings (SSSR count). The molecule has 0 aromatic heterocycles. The van der Waals surface area contributed by atoms with Gasteiger partial charge in [-0.25, -0.2) is 8.42 Å². The second-order valence-electron chi connectivity index (χ2n) is 6.53. The Hall–Kier alpha value is -1.15. The smallest absolute Gasteiger partial charge is 0.251 e. The molecule has 1 aromatic carbocycles. The van der Waals surface area contributed by atoms with Crippen molar-refractivity contribution in [3.8, 4) is 0 Å². The summed E-state index contributed by atoms with van der Waals surface area (Å²) in [6.45, 7) is 5.01. The van der Waals surface area contributed by atoms with Crippen LogP contribution >= 0.6 is 12.4 Å². The van der Waals surface area contributed by atoms with Crippen molar-refractivity contribution in [3.63, 3.8) is 0 Å². The Balaban J connectivity index is 0.00000288. The Bertz CT molecular complexity index is 671. The predicted octanol–water partition coefficient (Wildman–Crippen LogP) is 1.75. The predicted molar refractivity (Wildman–Crippen MR) is 96.9 cm³/mol. The number of carbonyl (C=O) groups is 1. The summed E-state index contributed by atoms with van der Waals surface area (Å²) >= 11 is 0. The summed E-state index contributed by atoms with van der Waals surface area (Å²) in [6, 6.07) is 6.18. The molecular formula is C16H26ClN3O3S. The first-order chi connectivity index (χ1) is 10.8. The van der Waals surface area contributed by atoms with Gasteiger partial charge in [0, 0.05) is 30.7 Å². The SMILES string of the molecule is CC(C)(CN)NC(=O)c1cccc(S(=O)(=O)N2CCCCC2)c1.Cl. The number of benzene rings is 1. The van der Waals surface area contributed by atoms with Crippen molar-refractivity contribution in [3.05, 3.63) is 29.8 Å².